The Morgan fingerprint density at radius 3 is 2.40 bits per heavy atom. The highest BCUT2D eigenvalue weighted by molar-refractivity contribution is 14.0. The fraction of sp³-hybridized carbons (Fsp3) is 0.889. The minimum atomic E-state index is 0. The molecule has 144 valence electrons. The van der Waals surface area contributed by atoms with E-state index in [1.807, 2.05) is 11.9 Å². The van der Waals surface area contributed by atoms with Crippen molar-refractivity contribution in [2.75, 3.05) is 45.5 Å². The molecule has 5 nitrogen and oxygen atoms in total. The Bertz CT molecular complexity index is 456. The van der Waals surface area contributed by atoms with Gasteiger partial charge in [0.05, 0.1) is 6.54 Å². The standard InChI is InChI=1S/C18H32N4OS.HI/c1-19-17(20-14-16(23)21-10-6-3-7-11-21)22-12-13-24-18(15-22)8-4-2-5-9-18;/h2-15H2,1H3,(H,19,20);1H. The summed E-state index contributed by atoms with van der Waals surface area (Å²) < 4.78 is 0.422. The molecule has 1 amide bonds. The Kier molecular flexibility index (Phi) is 8.64. The first-order chi connectivity index (χ1) is 11.7. The van der Waals surface area contributed by atoms with Gasteiger partial charge < -0.3 is 15.1 Å². The van der Waals surface area contributed by atoms with Gasteiger partial charge in [0.25, 0.3) is 0 Å². The molecule has 0 aromatic heterocycles. The molecule has 2 aliphatic heterocycles. The summed E-state index contributed by atoms with van der Waals surface area (Å²) in [5, 5.41) is 3.33. The monoisotopic (exact) mass is 480 g/mol. The molecular formula is C18H33IN4OS. The van der Waals surface area contributed by atoms with Gasteiger partial charge >= 0.3 is 0 Å². The third-order valence-corrected chi connectivity index (χ3v) is 7.17. The van der Waals surface area contributed by atoms with E-state index in [4.69, 9.17) is 0 Å². The van der Waals surface area contributed by atoms with Crippen molar-refractivity contribution >= 4 is 47.6 Å². The highest BCUT2D eigenvalue weighted by atomic mass is 127. The van der Waals surface area contributed by atoms with E-state index >= 15 is 0 Å². The smallest absolute Gasteiger partial charge is 0.241 e. The summed E-state index contributed by atoms with van der Waals surface area (Å²) in [6, 6.07) is 0. The number of aliphatic imine (C=N–C) groups is 1. The van der Waals surface area contributed by atoms with Gasteiger partial charge in [-0.1, -0.05) is 19.3 Å². The van der Waals surface area contributed by atoms with E-state index in [9.17, 15) is 4.79 Å². The van der Waals surface area contributed by atoms with Gasteiger partial charge in [-0.15, -0.1) is 24.0 Å². The Labute approximate surface area is 173 Å². The molecule has 0 bridgehead atoms. The maximum absolute atomic E-state index is 12.4. The topological polar surface area (TPSA) is 47.9 Å². The number of halogens is 1. The molecule has 0 radical (unpaired) electrons. The molecule has 7 heteroatoms. The first-order valence-corrected chi connectivity index (χ1v) is 10.6. The zero-order valence-electron chi connectivity index (χ0n) is 15.5. The number of guanidine groups is 1. The molecule has 2 saturated heterocycles. The van der Waals surface area contributed by atoms with E-state index < -0.39 is 0 Å². The minimum Gasteiger partial charge on any atom is -0.347 e. The lowest BCUT2D eigenvalue weighted by Gasteiger charge is -2.45. The molecule has 0 unspecified atom stereocenters. The maximum Gasteiger partial charge on any atom is 0.241 e. The Hall–Kier alpha value is -0.180. The Balaban J connectivity index is 0.00000225. The van der Waals surface area contributed by atoms with E-state index in [1.54, 1.807) is 0 Å². The van der Waals surface area contributed by atoms with Crippen LogP contribution in [-0.4, -0.2) is 71.9 Å². The lowest BCUT2D eigenvalue weighted by molar-refractivity contribution is -0.130. The average molecular weight is 480 g/mol. The Morgan fingerprint density at radius 1 is 1.04 bits per heavy atom. The van der Waals surface area contributed by atoms with Gasteiger partial charge in [-0.05, 0) is 32.1 Å². The number of hydrogen-bond donors (Lipinski definition) is 1. The zero-order valence-corrected chi connectivity index (χ0v) is 18.6. The second-order valence-corrected chi connectivity index (χ2v) is 8.92. The molecule has 1 N–H and O–H groups in total. The second kappa shape index (κ2) is 10.2. The van der Waals surface area contributed by atoms with Crippen molar-refractivity contribution in [3.8, 4) is 0 Å². The lowest BCUT2D eigenvalue weighted by Crippen LogP contribution is -2.54. The predicted octanol–water partition coefficient (Wildman–Crippen LogP) is 2.94. The number of carbonyl (C=O) groups is 1. The quantitative estimate of drug-likeness (QED) is 0.375. The van der Waals surface area contributed by atoms with E-state index in [-0.39, 0.29) is 29.9 Å². The van der Waals surface area contributed by atoms with Crippen molar-refractivity contribution in [2.45, 2.75) is 56.1 Å². The molecule has 25 heavy (non-hydrogen) atoms. The highest BCUT2D eigenvalue weighted by Gasteiger charge is 2.38. The fourth-order valence-electron chi connectivity index (χ4n) is 4.27. The summed E-state index contributed by atoms with van der Waals surface area (Å²) in [7, 11) is 1.84. The highest BCUT2D eigenvalue weighted by Crippen LogP contribution is 2.42. The predicted molar refractivity (Wildman–Crippen MR) is 117 cm³/mol. The van der Waals surface area contributed by atoms with Gasteiger partial charge in [0.2, 0.25) is 5.91 Å². The van der Waals surface area contributed by atoms with E-state index in [0.29, 0.717) is 11.3 Å². The third kappa shape index (κ3) is 5.65. The number of amides is 1. The Morgan fingerprint density at radius 2 is 1.72 bits per heavy atom. The molecule has 0 aromatic carbocycles. The summed E-state index contributed by atoms with van der Waals surface area (Å²) in [4.78, 5) is 21.2. The zero-order chi connectivity index (χ0) is 16.8. The summed E-state index contributed by atoms with van der Waals surface area (Å²) in [6.07, 6.45) is 10.3. The normalized spacial score (nSPS) is 24.0. The van der Waals surface area contributed by atoms with Crippen LogP contribution in [0.1, 0.15) is 51.4 Å². The first-order valence-electron chi connectivity index (χ1n) is 9.60. The van der Waals surface area contributed by atoms with Crippen LogP contribution >= 0.6 is 35.7 Å². The van der Waals surface area contributed by atoms with Crippen LogP contribution in [0, 0.1) is 0 Å². The van der Waals surface area contributed by atoms with E-state index in [2.05, 4.69) is 27.0 Å². The van der Waals surface area contributed by atoms with Crippen molar-refractivity contribution < 1.29 is 4.79 Å². The van der Waals surface area contributed by atoms with Crippen LogP contribution < -0.4 is 5.32 Å². The minimum absolute atomic E-state index is 0. The molecule has 3 aliphatic rings. The number of carbonyl (C=O) groups excluding carboxylic acids is 1. The van der Waals surface area contributed by atoms with Gasteiger partial charge in [0.1, 0.15) is 0 Å². The van der Waals surface area contributed by atoms with Crippen LogP contribution in [0.3, 0.4) is 0 Å². The third-order valence-electron chi connectivity index (χ3n) is 5.63. The fourth-order valence-corrected chi connectivity index (χ4v) is 5.84. The molecule has 0 aromatic rings. The van der Waals surface area contributed by atoms with Gasteiger partial charge in [-0.3, -0.25) is 9.79 Å². The summed E-state index contributed by atoms with van der Waals surface area (Å²) in [6.45, 7) is 4.33. The van der Waals surface area contributed by atoms with Crippen molar-refractivity contribution in [3.05, 3.63) is 0 Å². The number of piperidine rings is 1. The molecule has 1 spiro atoms. The number of rotatable bonds is 2. The largest absolute Gasteiger partial charge is 0.347 e. The summed E-state index contributed by atoms with van der Waals surface area (Å²) in [5.41, 5.74) is 0. The molecule has 2 heterocycles. The lowest BCUT2D eigenvalue weighted by atomic mass is 9.87. The number of likely N-dealkylation sites (tertiary alicyclic amines) is 1. The van der Waals surface area contributed by atoms with Crippen LogP contribution in [0.25, 0.3) is 0 Å². The van der Waals surface area contributed by atoms with Gasteiger partial charge in [0.15, 0.2) is 5.96 Å². The molecular weight excluding hydrogens is 447 g/mol. The average Bonchev–Trinajstić information content (AvgIpc) is 2.63. The number of nitrogens with one attached hydrogen (secondary N) is 1. The number of thioether (sulfide) groups is 1. The second-order valence-electron chi connectivity index (χ2n) is 7.36. The maximum atomic E-state index is 12.4. The van der Waals surface area contributed by atoms with Crippen LogP contribution in [0.15, 0.2) is 4.99 Å². The van der Waals surface area contributed by atoms with Crippen molar-refractivity contribution in [1.29, 1.82) is 0 Å². The summed E-state index contributed by atoms with van der Waals surface area (Å²) in [5.74, 6) is 2.29. The molecule has 1 saturated carbocycles. The summed E-state index contributed by atoms with van der Waals surface area (Å²) >= 11 is 2.17. The molecule has 1 aliphatic carbocycles. The molecule has 0 atom stereocenters. The van der Waals surface area contributed by atoms with Crippen molar-refractivity contribution in [3.63, 3.8) is 0 Å². The van der Waals surface area contributed by atoms with Gasteiger partial charge in [-0.2, -0.15) is 11.8 Å². The molecule has 3 rings (SSSR count). The van der Waals surface area contributed by atoms with Crippen LogP contribution in [0.5, 0.6) is 0 Å². The van der Waals surface area contributed by atoms with Crippen LogP contribution in [0.4, 0.5) is 0 Å². The number of hydrogen-bond acceptors (Lipinski definition) is 3. The number of nitrogens with zero attached hydrogens (tertiary/aromatic N) is 3. The van der Waals surface area contributed by atoms with Gasteiger partial charge in [-0.25, -0.2) is 0 Å². The van der Waals surface area contributed by atoms with Crippen LogP contribution in [-0.2, 0) is 4.79 Å². The van der Waals surface area contributed by atoms with E-state index in [0.717, 1.165) is 45.0 Å². The van der Waals surface area contributed by atoms with Gasteiger partial charge in [0, 0.05) is 43.7 Å². The SMILES string of the molecule is CN=C(NCC(=O)N1CCCCC1)N1CCSC2(CCCCC2)C1.I. The molecule has 3 fully saturated rings. The van der Waals surface area contributed by atoms with E-state index in [1.165, 1.54) is 44.3 Å². The van der Waals surface area contributed by atoms with Crippen LogP contribution in [0.2, 0.25) is 0 Å². The van der Waals surface area contributed by atoms with Crippen molar-refractivity contribution in [2.24, 2.45) is 4.99 Å². The first kappa shape index (κ1) is 21.1. The van der Waals surface area contributed by atoms with Crippen molar-refractivity contribution in [1.82, 2.24) is 15.1 Å².